The highest BCUT2D eigenvalue weighted by Crippen LogP contribution is 2.40. The van der Waals surface area contributed by atoms with Gasteiger partial charge in [-0.05, 0) is 70.3 Å². The standard InChI is InChI=1S/C24H31N3O3S/c1-2-30-24(29)20-17-12-8-14-19(17)31-23(20)25-22(28)21-16-11-6-7-13-18(16)27(26-21)15-9-4-3-5-10-15/h15H,2-14H2,1H3,(H,25,28). The number of amides is 1. The molecule has 5 rings (SSSR count). The van der Waals surface area contributed by atoms with Crippen LogP contribution in [-0.2, 0) is 30.4 Å². The number of hydrogen-bond donors (Lipinski definition) is 1. The normalized spacial score (nSPS) is 18.5. The average Bonchev–Trinajstić information content (AvgIpc) is 3.47. The largest absolute Gasteiger partial charge is 0.462 e. The van der Waals surface area contributed by atoms with E-state index < -0.39 is 0 Å². The summed E-state index contributed by atoms with van der Waals surface area (Å²) in [5.74, 6) is -0.509. The Morgan fingerprint density at radius 1 is 1.03 bits per heavy atom. The van der Waals surface area contributed by atoms with E-state index in [1.54, 1.807) is 0 Å². The maximum atomic E-state index is 13.4. The summed E-state index contributed by atoms with van der Waals surface area (Å²) in [5.41, 5.74) is 4.57. The number of ether oxygens (including phenoxy) is 1. The van der Waals surface area contributed by atoms with E-state index >= 15 is 0 Å². The monoisotopic (exact) mass is 441 g/mol. The number of rotatable bonds is 5. The zero-order valence-electron chi connectivity index (χ0n) is 18.3. The summed E-state index contributed by atoms with van der Waals surface area (Å²) >= 11 is 1.53. The van der Waals surface area contributed by atoms with Crippen LogP contribution in [0.1, 0.15) is 107 Å². The Morgan fingerprint density at radius 3 is 2.61 bits per heavy atom. The molecule has 2 heterocycles. The first-order valence-electron chi connectivity index (χ1n) is 11.9. The number of aryl methyl sites for hydroxylation is 1. The van der Waals surface area contributed by atoms with Crippen LogP contribution in [0.5, 0.6) is 0 Å². The molecule has 0 atom stereocenters. The molecule has 3 aliphatic carbocycles. The Morgan fingerprint density at radius 2 is 1.81 bits per heavy atom. The molecular weight excluding hydrogens is 410 g/mol. The van der Waals surface area contributed by atoms with Crippen LogP contribution in [0.2, 0.25) is 0 Å². The van der Waals surface area contributed by atoms with Crippen LogP contribution >= 0.6 is 11.3 Å². The van der Waals surface area contributed by atoms with Crippen LogP contribution < -0.4 is 5.32 Å². The number of thiophene rings is 1. The van der Waals surface area contributed by atoms with Crippen molar-refractivity contribution in [2.45, 2.75) is 90.0 Å². The molecule has 31 heavy (non-hydrogen) atoms. The minimum absolute atomic E-state index is 0.182. The Hall–Kier alpha value is -2.15. The van der Waals surface area contributed by atoms with E-state index in [1.807, 2.05) is 6.92 Å². The third kappa shape index (κ3) is 3.81. The van der Waals surface area contributed by atoms with E-state index in [-0.39, 0.29) is 11.9 Å². The summed E-state index contributed by atoms with van der Waals surface area (Å²) in [6.07, 6.45) is 13.2. The molecule has 6 nitrogen and oxygen atoms in total. The maximum absolute atomic E-state index is 13.4. The van der Waals surface area contributed by atoms with Crippen molar-refractivity contribution in [2.24, 2.45) is 0 Å². The highest BCUT2D eigenvalue weighted by Gasteiger charge is 2.32. The van der Waals surface area contributed by atoms with Crippen molar-refractivity contribution in [3.05, 3.63) is 33.0 Å². The Labute approximate surface area is 187 Å². The average molecular weight is 442 g/mol. The van der Waals surface area contributed by atoms with Gasteiger partial charge in [0.25, 0.3) is 5.91 Å². The van der Waals surface area contributed by atoms with Crippen molar-refractivity contribution < 1.29 is 14.3 Å². The predicted octanol–water partition coefficient (Wildman–Crippen LogP) is 5.25. The molecule has 1 N–H and O–H groups in total. The predicted molar refractivity (Wildman–Crippen MR) is 121 cm³/mol. The molecule has 1 fully saturated rings. The van der Waals surface area contributed by atoms with Gasteiger partial charge in [0.1, 0.15) is 5.00 Å². The zero-order valence-corrected chi connectivity index (χ0v) is 19.1. The number of esters is 1. The molecule has 1 saturated carbocycles. The zero-order chi connectivity index (χ0) is 21.4. The Bertz CT molecular complexity index is 1000. The summed E-state index contributed by atoms with van der Waals surface area (Å²) in [7, 11) is 0. The van der Waals surface area contributed by atoms with E-state index in [9.17, 15) is 9.59 Å². The minimum Gasteiger partial charge on any atom is -0.462 e. The van der Waals surface area contributed by atoms with Crippen molar-refractivity contribution in [1.82, 2.24) is 9.78 Å². The fourth-order valence-corrected chi connectivity index (χ4v) is 6.78. The molecule has 0 aromatic carbocycles. The van der Waals surface area contributed by atoms with E-state index in [0.29, 0.717) is 28.9 Å². The minimum atomic E-state index is -0.327. The van der Waals surface area contributed by atoms with Crippen LogP contribution in [0.4, 0.5) is 5.00 Å². The van der Waals surface area contributed by atoms with Gasteiger partial charge in [0.2, 0.25) is 0 Å². The molecule has 0 spiro atoms. The molecule has 3 aliphatic rings. The molecule has 0 saturated heterocycles. The lowest BCUT2D eigenvalue weighted by atomic mass is 9.92. The molecule has 0 bridgehead atoms. The molecule has 2 aromatic heterocycles. The second-order valence-corrected chi connectivity index (χ2v) is 10.1. The van der Waals surface area contributed by atoms with Crippen molar-refractivity contribution in [3.8, 4) is 0 Å². The fourth-order valence-electron chi connectivity index (χ4n) is 5.51. The van der Waals surface area contributed by atoms with Gasteiger partial charge in [-0.2, -0.15) is 5.10 Å². The van der Waals surface area contributed by atoms with Crippen molar-refractivity contribution in [2.75, 3.05) is 11.9 Å². The van der Waals surface area contributed by atoms with E-state index in [2.05, 4.69) is 10.00 Å². The maximum Gasteiger partial charge on any atom is 0.341 e. The van der Waals surface area contributed by atoms with Gasteiger partial charge in [0.15, 0.2) is 5.69 Å². The topological polar surface area (TPSA) is 73.2 Å². The van der Waals surface area contributed by atoms with Gasteiger partial charge in [-0.3, -0.25) is 9.48 Å². The summed E-state index contributed by atoms with van der Waals surface area (Å²) in [4.78, 5) is 27.3. The number of nitrogens with zero attached hydrogens (tertiary/aromatic N) is 2. The molecule has 0 aliphatic heterocycles. The number of fused-ring (bicyclic) bond motifs is 2. The third-order valence-electron chi connectivity index (χ3n) is 6.97. The van der Waals surface area contributed by atoms with Crippen LogP contribution in [0.3, 0.4) is 0 Å². The summed E-state index contributed by atoms with van der Waals surface area (Å²) < 4.78 is 7.49. The number of carbonyl (C=O) groups excluding carboxylic acids is 2. The number of aromatic nitrogens is 2. The number of hydrogen-bond acceptors (Lipinski definition) is 5. The van der Waals surface area contributed by atoms with Crippen LogP contribution in [-0.4, -0.2) is 28.3 Å². The van der Waals surface area contributed by atoms with Gasteiger partial charge in [0, 0.05) is 16.1 Å². The number of nitrogens with one attached hydrogen (secondary N) is 1. The second kappa shape index (κ2) is 8.77. The number of anilines is 1. The summed E-state index contributed by atoms with van der Waals surface area (Å²) in [5, 5.41) is 8.57. The Kier molecular flexibility index (Phi) is 5.87. The molecule has 166 valence electrons. The van der Waals surface area contributed by atoms with Gasteiger partial charge < -0.3 is 10.1 Å². The molecule has 1 amide bonds. The summed E-state index contributed by atoms with van der Waals surface area (Å²) in [6.45, 7) is 2.14. The number of carbonyl (C=O) groups is 2. The molecular formula is C24H31N3O3S. The van der Waals surface area contributed by atoms with Crippen molar-refractivity contribution >= 4 is 28.2 Å². The van der Waals surface area contributed by atoms with E-state index in [4.69, 9.17) is 9.84 Å². The molecule has 0 unspecified atom stereocenters. The second-order valence-electron chi connectivity index (χ2n) is 8.95. The smallest absolute Gasteiger partial charge is 0.341 e. The first-order valence-corrected chi connectivity index (χ1v) is 12.7. The van der Waals surface area contributed by atoms with E-state index in [1.165, 1.54) is 41.2 Å². The lowest BCUT2D eigenvalue weighted by Gasteiger charge is -2.25. The first kappa shape index (κ1) is 20.7. The molecule has 0 radical (unpaired) electrons. The highest BCUT2D eigenvalue weighted by atomic mass is 32.1. The van der Waals surface area contributed by atoms with Gasteiger partial charge in [-0.25, -0.2) is 4.79 Å². The first-order chi connectivity index (χ1) is 15.2. The lowest BCUT2D eigenvalue weighted by Crippen LogP contribution is -2.19. The summed E-state index contributed by atoms with van der Waals surface area (Å²) in [6, 6.07) is 0.419. The van der Waals surface area contributed by atoms with Gasteiger partial charge >= 0.3 is 5.97 Å². The van der Waals surface area contributed by atoms with E-state index in [0.717, 1.165) is 68.9 Å². The highest BCUT2D eigenvalue weighted by molar-refractivity contribution is 7.17. The van der Waals surface area contributed by atoms with Gasteiger partial charge in [-0.15, -0.1) is 11.3 Å². The van der Waals surface area contributed by atoms with Crippen molar-refractivity contribution in [3.63, 3.8) is 0 Å². The third-order valence-corrected chi connectivity index (χ3v) is 8.18. The fraction of sp³-hybridized carbons (Fsp3) is 0.625. The molecule has 7 heteroatoms. The molecule has 2 aromatic rings. The van der Waals surface area contributed by atoms with Crippen LogP contribution in [0.15, 0.2) is 0 Å². The van der Waals surface area contributed by atoms with Crippen LogP contribution in [0.25, 0.3) is 0 Å². The van der Waals surface area contributed by atoms with Gasteiger partial charge in [0.05, 0.1) is 18.2 Å². The Balaban J connectivity index is 1.46. The quantitative estimate of drug-likeness (QED) is 0.644. The van der Waals surface area contributed by atoms with Crippen molar-refractivity contribution in [1.29, 1.82) is 0 Å². The van der Waals surface area contributed by atoms with Gasteiger partial charge in [-0.1, -0.05) is 19.3 Å². The SMILES string of the molecule is CCOC(=O)c1c(NC(=O)c2nn(C3CCCCC3)c3c2CCCC3)sc2c1CCC2. The lowest BCUT2D eigenvalue weighted by molar-refractivity contribution is 0.0527. The van der Waals surface area contributed by atoms with Crippen LogP contribution in [0, 0.1) is 0 Å².